The minimum atomic E-state index is -0.447. The van der Waals surface area contributed by atoms with Gasteiger partial charge in [-0.15, -0.1) is 0 Å². The Balaban J connectivity index is 0.000000206. The van der Waals surface area contributed by atoms with Crippen LogP contribution in [0.3, 0.4) is 0 Å². The molecular formula is C88H106BN4NaO4+. The van der Waals surface area contributed by atoms with Crippen LogP contribution in [0.2, 0.25) is 0 Å². The van der Waals surface area contributed by atoms with Crippen molar-refractivity contribution in [2.45, 2.75) is 169 Å². The first-order chi connectivity index (χ1) is 46.9. The molecule has 0 amide bonds. The molecule has 0 saturated carbocycles. The van der Waals surface area contributed by atoms with Gasteiger partial charge < -0.3 is 21.6 Å². The van der Waals surface area contributed by atoms with E-state index in [-0.39, 0.29) is 51.2 Å². The van der Waals surface area contributed by atoms with Crippen molar-refractivity contribution in [2.75, 3.05) is 28.2 Å². The Morgan fingerprint density at radius 3 is 1.05 bits per heavy atom. The van der Waals surface area contributed by atoms with Crippen molar-refractivity contribution in [3.63, 3.8) is 0 Å². The van der Waals surface area contributed by atoms with E-state index >= 15 is 0 Å². The first kappa shape index (κ1) is 78.4. The van der Waals surface area contributed by atoms with Gasteiger partial charge in [-0.2, -0.15) is 0 Å². The smallest absolute Gasteiger partial charge is 1.00 e. The largest absolute Gasteiger partial charge is 1.00 e. The number of benzene rings is 7. The number of rotatable bonds is 20. The molecule has 12 rings (SSSR count). The van der Waals surface area contributed by atoms with Gasteiger partial charge in [0.1, 0.15) is 18.3 Å². The fourth-order valence-electron chi connectivity index (χ4n) is 14.2. The molecule has 1 aliphatic carbocycles. The number of aliphatic hydroxyl groups is 3. The van der Waals surface area contributed by atoms with Crippen LogP contribution in [0.1, 0.15) is 160 Å². The van der Waals surface area contributed by atoms with Crippen LogP contribution in [0.5, 0.6) is 0 Å². The van der Waals surface area contributed by atoms with Gasteiger partial charge in [0.05, 0.1) is 29.9 Å². The van der Waals surface area contributed by atoms with Crippen LogP contribution >= 0.6 is 0 Å². The van der Waals surface area contributed by atoms with Crippen molar-refractivity contribution in [1.29, 1.82) is 0 Å². The molecular weight excluding hydrogens is 1210 g/mol. The van der Waals surface area contributed by atoms with Gasteiger partial charge in [0.15, 0.2) is 5.78 Å². The first-order valence-electron chi connectivity index (χ1n) is 35.4. The molecule has 3 radical (unpaired) electrons. The average Bonchev–Trinajstić information content (AvgIpc) is 0.893. The maximum Gasteiger partial charge on any atom is 1.00 e. The number of likely N-dealkylation sites (N-methyl/N-ethyl adjacent to an activating group) is 2. The summed E-state index contributed by atoms with van der Waals surface area (Å²) in [4.78, 5) is 22.2. The molecule has 7 aromatic carbocycles. The third-order valence-corrected chi connectivity index (χ3v) is 20.3. The summed E-state index contributed by atoms with van der Waals surface area (Å²) in [5.74, 6) is 0.210. The third kappa shape index (κ3) is 25.4. The van der Waals surface area contributed by atoms with Crippen LogP contribution in [0, 0.1) is 6.08 Å². The van der Waals surface area contributed by atoms with Crippen molar-refractivity contribution in [3.05, 3.63) is 312 Å². The van der Waals surface area contributed by atoms with Crippen LogP contribution in [0.25, 0.3) is 24.3 Å². The van der Waals surface area contributed by atoms with E-state index in [0.29, 0.717) is 48.7 Å². The number of allylic oxidation sites excluding steroid dienone is 4. The van der Waals surface area contributed by atoms with E-state index in [1.807, 2.05) is 115 Å². The number of ketones is 1. The molecule has 98 heavy (non-hydrogen) atoms. The quantitative estimate of drug-likeness (QED) is 0.0395. The number of carbonyl (C=O) groups excluding carboxylic acids is 1. The second-order valence-corrected chi connectivity index (χ2v) is 26.8. The third-order valence-electron chi connectivity index (χ3n) is 20.3. The number of carbonyl (C=O) groups is 1. The number of hydrogen-bond donors (Lipinski definition) is 3. The molecule has 4 heterocycles. The Labute approximate surface area is 614 Å². The normalized spacial score (nSPS) is 23.1. The van der Waals surface area contributed by atoms with Gasteiger partial charge in [-0.1, -0.05) is 274 Å². The van der Waals surface area contributed by atoms with E-state index in [1.165, 1.54) is 60.8 Å². The molecule has 0 unspecified atom stereocenters. The van der Waals surface area contributed by atoms with Crippen LogP contribution < -0.4 is 29.6 Å². The number of nitrogens with zero attached hydrogens (tertiary/aromatic N) is 4. The zero-order valence-corrected chi connectivity index (χ0v) is 60.9. The van der Waals surface area contributed by atoms with E-state index in [2.05, 4.69) is 224 Å². The molecule has 11 atom stereocenters. The predicted octanol–water partition coefficient (Wildman–Crippen LogP) is 15.1. The van der Waals surface area contributed by atoms with Crippen molar-refractivity contribution >= 4 is 38.5 Å². The Bertz CT molecular complexity index is 3330. The zero-order valence-electron chi connectivity index (χ0n) is 59.9. The van der Waals surface area contributed by atoms with Crippen molar-refractivity contribution in [1.82, 2.24) is 19.6 Å². The van der Waals surface area contributed by atoms with Crippen molar-refractivity contribution < 1.29 is 51.1 Å². The van der Waals surface area contributed by atoms with Gasteiger partial charge in [-0.3, -0.25) is 19.5 Å². The Morgan fingerprint density at radius 2 is 0.714 bits per heavy atom. The molecule has 4 saturated heterocycles. The van der Waals surface area contributed by atoms with Gasteiger partial charge in [-0.25, -0.2) is 0 Å². The molecule has 8 nitrogen and oxygen atoms in total. The summed E-state index contributed by atoms with van der Waals surface area (Å²) in [6.07, 6.45) is 44.6. The minimum absolute atomic E-state index is 0. The van der Waals surface area contributed by atoms with E-state index in [4.69, 9.17) is 0 Å². The topological polar surface area (TPSA) is 90.7 Å². The van der Waals surface area contributed by atoms with E-state index in [0.717, 1.165) is 80.1 Å². The zero-order chi connectivity index (χ0) is 67.1. The summed E-state index contributed by atoms with van der Waals surface area (Å²) in [6, 6.07) is 74.9. The maximum absolute atomic E-state index is 12.5. The fraction of sp³-hybridized carbons (Fsp3) is 0.352. The van der Waals surface area contributed by atoms with E-state index in [9.17, 15) is 20.1 Å². The molecule has 3 N–H and O–H groups in total. The van der Waals surface area contributed by atoms with Crippen LogP contribution in [-0.4, -0.2) is 132 Å². The number of Topliss-reactive ketones (excluding diaryl/α,β-unsaturated/α-hetero) is 1. The number of likely N-dealkylation sites (tertiary alicyclic amines) is 4. The Hall–Kier alpha value is -6.92. The average molecular weight is 1320 g/mol. The van der Waals surface area contributed by atoms with Crippen LogP contribution in [0.4, 0.5) is 0 Å². The fourth-order valence-corrected chi connectivity index (χ4v) is 14.2. The van der Waals surface area contributed by atoms with Gasteiger partial charge in [0.2, 0.25) is 0 Å². The van der Waals surface area contributed by atoms with Crippen LogP contribution in [-0.2, 0) is 0 Å². The molecule has 5 aliphatic rings. The Kier molecular flexibility index (Phi) is 34.3. The SMILES string of the molecule is CN1[C@@H](CC(=O)c2ccccc2)CCC[C@H]1C[C@H](O)c1ccccc1.CN1[C@@H](C[C@@H](O)C2=CC=[C+]C=C2)CCC[C@H]1C[C@H](O)c1ccccc1.CN1[C@H](/C=C/c2ccccc2)CCC[C@@H]1/C=C/c1ccccc1.CN1[C@H](/C=C/c2ccccc2)CCC[C@H]1/C=C/c1ccccc1.[B].[H-].[Na+]. The van der Waals surface area contributed by atoms with Gasteiger partial charge in [0.25, 0.3) is 0 Å². The van der Waals surface area contributed by atoms with Gasteiger partial charge in [-0.05, 0) is 145 Å². The van der Waals surface area contributed by atoms with E-state index in [1.54, 1.807) is 0 Å². The minimum Gasteiger partial charge on any atom is -1.00 e. The molecule has 7 aromatic rings. The summed E-state index contributed by atoms with van der Waals surface area (Å²) in [6.45, 7) is 0. The Morgan fingerprint density at radius 1 is 0.418 bits per heavy atom. The molecule has 4 fully saturated rings. The molecule has 0 aromatic heterocycles. The number of aliphatic hydroxyl groups excluding tert-OH is 3. The molecule has 0 spiro atoms. The maximum atomic E-state index is 12.5. The second kappa shape index (κ2) is 42.9. The summed E-state index contributed by atoms with van der Waals surface area (Å²) in [5.41, 5.74) is 8.83. The number of hydrogen-bond acceptors (Lipinski definition) is 8. The second-order valence-electron chi connectivity index (χ2n) is 26.8. The van der Waals surface area contributed by atoms with Crippen LogP contribution in [0.15, 0.2) is 267 Å². The van der Waals surface area contributed by atoms with E-state index < -0.39 is 18.3 Å². The predicted molar refractivity (Wildman–Crippen MR) is 409 cm³/mol. The monoisotopic (exact) mass is 1320 g/mol. The van der Waals surface area contributed by atoms with Crippen molar-refractivity contribution in [2.24, 2.45) is 0 Å². The first-order valence-corrected chi connectivity index (χ1v) is 35.4. The molecule has 10 heteroatoms. The summed E-state index contributed by atoms with van der Waals surface area (Å²) < 4.78 is 0. The number of piperidine rings is 4. The molecule has 4 aliphatic heterocycles. The molecule has 0 bridgehead atoms. The van der Waals surface area contributed by atoms with Gasteiger partial charge in [0, 0.05) is 74.8 Å². The van der Waals surface area contributed by atoms with Crippen molar-refractivity contribution in [3.8, 4) is 0 Å². The summed E-state index contributed by atoms with van der Waals surface area (Å²) in [7, 11) is 8.74. The standard InChI is InChI=1S/C22H28NO2.C22H27NO2.2C22H25N.B.Na.H/c2*1-23-19(15-21(24)17-9-4-2-5-10-17)13-8-14-20(23)16-22(25)18-11-6-3-7-12-18;2*1-23-21(17-15-19-9-4-2-5-10-19)13-8-14-22(23)18-16-20-11-6-3-7-12-20;;;/h2,4-7,9-12,19-22,24-25H,8,13-16H2,1H3;2-7,9-12,19-21,24H,8,13-16H2,1H3;2*2-7,9-12,15-18,21-22H,8,13-14H2,1H3;;;/q+1;;;;;+1;-1/b;;2*17-15+,18-16+;;;/t19-,20+,21-,22+;19-,20+,21-;21-,22+;21-,22-;;;/m00.0.../s1. The summed E-state index contributed by atoms with van der Waals surface area (Å²) >= 11 is 0. The van der Waals surface area contributed by atoms with Gasteiger partial charge >= 0.3 is 29.6 Å². The summed E-state index contributed by atoms with van der Waals surface area (Å²) in [5, 5.41) is 31.6. The molecule has 505 valence electrons.